The fourth-order valence-corrected chi connectivity index (χ4v) is 4.98. The van der Waals surface area contributed by atoms with Crippen LogP contribution < -0.4 is 15.4 Å². The van der Waals surface area contributed by atoms with Crippen LogP contribution >= 0.6 is 0 Å². The molecule has 3 heterocycles. The van der Waals surface area contributed by atoms with E-state index in [0.29, 0.717) is 31.0 Å². The molecule has 0 amide bonds. The number of rotatable bonds is 10. The minimum atomic E-state index is 0.317. The van der Waals surface area contributed by atoms with E-state index in [1.54, 1.807) is 0 Å². The van der Waals surface area contributed by atoms with Crippen molar-refractivity contribution in [3.05, 3.63) is 103 Å². The predicted molar refractivity (Wildman–Crippen MR) is 155 cm³/mol. The zero-order chi connectivity index (χ0) is 26.3. The second-order valence-electron chi connectivity index (χ2n) is 9.79. The van der Waals surface area contributed by atoms with E-state index in [9.17, 15) is 0 Å². The van der Waals surface area contributed by atoms with Gasteiger partial charge in [-0.1, -0.05) is 66.7 Å². The lowest BCUT2D eigenvalue weighted by atomic mass is 10.0. The molecule has 3 aromatic carbocycles. The fraction of sp³-hybridized carbons (Fsp3) is 0.258. The lowest BCUT2D eigenvalue weighted by Crippen LogP contribution is -2.39. The Morgan fingerprint density at radius 2 is 1.51 bits per heavy atom. The first-order valence-electron chi connectivity index (χ1n) is 13.6. The van der Waals surface area contributed by atoms with E-state index in [-0.39, 0.29) is 0 Å². The molecule has 1 fully saturated rings. The molecule has 0 spiro atoms. The Labute approximate surface area is 228 Å². The Morgan fingerprint density at radius 3 is 2.26 bits per heavy atom. The van der Waals surface area contributed by atoms with Crippen LogP contribution in [0.1, 0.15) is 18.4 Å². The largest absolute Gasteiger partial charge is 0.492 e. The minimum absolute atomic E-state index is 0.317. The first-order chi connectivity index (χ1) is 19.3. The van der Waals surface area contributed by atoms with Gasteiger partial charge in [0.05, 0.1) is 6.54 Å². The molecule has 0 radical (unpaired) electrons. The van der Waals surface area contributed by atoms with E-state index in [4.69, 9.17) is 14.7 Å². The number of aromatic nitrogens is 4. The SMILES string of the molecule is c1ccc(CN2CCC(Nc3nc(NCCOc4ccccc4)c4ncn(-c5ccccc5)c4n3)CC2)cc1. The van der Waals surface area contributed by atoms with Crippen LogP contribution in [0, 0.1) is 0 Å². The van der Waals surface area contributed by atoms with E-state index in [1.165, 1.54) is 5.56 Å². The third-order valence-corrected chi connectivity index (χ3v) is 7.01. The number of imidazole rings is 1. The zero-order valence-corrected chi connectivity index (χ0v) is 21.9. The van der Waals surface area contributed by atoms with E-state index in [2.05, 4.69) is 63.0 Å². The summed E-state index contributed by atoms with van der Waals surface area (Å²) in [5.74, 6) is 2.17. The summed E-state index contributed by atoms with van der Waals surface area (Å²) in [6, 6.07) is 31.0. The highest BCUT2D eigenvalue weighted by atomic mass is 16.5. The van der Waals surface area contributed by atoms with Gasteiger partial charge in [-0.2, -0.15) is 9.97 Å². The molecule has 198 valence electrons. The summed E-state index contributed by atoms with van der Waals surface area (Å²) in [6.07, 6.45) is 3.89. The molecular weight excluding hydrogens is 486 g/mol. The maximum atomic E-state index is 5.87. The van der Waals surface area contributed by atoms with E-state index >= 15 is 0 Å². The monoisotopic (exact) mass is 519 g/mol. The lowest BCUT2D eigenvalue weighted by Gasteiger charge is -2.32. The summed E-state index contributed by atoms with van der Waals surface area (Å²) >= 11 is 0. The highest BCUT2D eigenvalue weighted by Gasteiger charge is 2.21. The van der Waals surface area contributed by atoms with E-state index in [1.807, 2.05) is 59.4 Å². The number of hydrogen-bond donors (Lipinski definition) is 2. The summed E-state index contributed by atoms with van der Waals surface area (Å²) in [4.78, 5) is 17.0. The standard InChI is InChI=1S/C31H33N7O/c1-4-10-24(11-5-1)22-37-19-16-25(17-20-37)34-31-35-29(32-18-21-39-27-14-8-3-9-15-27)28-30(36-31)38(23-33-28)26-12-6-2-7-13-26/h1-15,23,25H,16-22H2,(H2,32,34,35,36). The van der Waals surface area contributed by atoms with Crippen molar-refractivity contribution in [1.29, 1.82) is 0 Å². The maximum absolute atomic E-state index is 5.87. The van der Waals surface area contributed by atoms with Crippen molar-refractivity contribution in [1.82, 2.24) is 24.4 Å². The van der Waals surface area contributed by atoms with E-state index in [0.717, 1.165) is 55.1 Å². The predicted octanol–water partition coefficient (Wildman–Crippen LogP) is 5.38. The number of piperidine rings is 1. The topological polar surface area (TPSA) is 80.1 Å². The van der Waals surface area contributed by atoms with Gasteiger partial charge >= 0.3 is 0 Å². The second kappa shape index (κ2) is 12.0. The maximum Gasteiger partial charge on any atom is 0.227 e. The fourth-order valence-electron chi connectivity index (χ4n) is 4.98. The average molecular weight is 520 g/mol. The van der Waals surface area contributed by atoms with Crippen LogP contribution in [0.15, 0.2) is 97.3 Å². The van der Waals surface area contributed by atoms with Crippen LogP contribution in [0.4, 0.5) is 11.8 Å². The molecule has 8 heteroatoms. The van der Waals surface area contributed by atoms with Gasteiger partial charge in [-0.05, 0) is 42.7 Å². The van der Waals surface area contributed by atoms with Crippen molar-refractivity contribution >= 4 is 22.9 Å². The minimum Gasteiger partial charge on any atom is -0.492 e. The summed E-state index contributed by atoms with van der Waals surface area (Å²) in [5, 5.41) is 7.06. The lowest BCUT2D eigenvalue weighted by molar-refractivity contribution is 0.211. The van der Waals surface area contributed by atoms with Crippen molar-refractivity contribution in [3.63, 3.8) is 0 Å². The van der Waals surface area contributed by atoms with Crippen molar-refractivity contribution in [2.45, 2.75) is 25.4 Å². The van der Waals surface area contributed by atoms with Gasteiger partial charge in [0.2, 0.25) is 5.95 Å². The normalized spacial score (nSPS) is 14.4. The van der Waals surface area contributed by atoms with Gasteiger partial charge in [0.15, 0.2) is 17.0 Å². The number of benzene rings is 3. The molecule has 39 heavy (non-hydrogen) atoms. The molecular formula is C31H33N7O. The molecule has 1 aliphatic heterocycles. The molecule has 0 saturated carbocycles. The molecule has 0 aliphatic carbocycles. The molecule has 1 aliphatic rings. The number of ether oxygens (including phenoxy) is 1. The summed E-state index contributed by atoms with van der Waals surface area (Å²) in [5.41, 5.74) is 3.88. The number of nitrogens with one attached hydrogen (secondary N) is 2. The van der Waals surface area contributed by atoms with Crippen LogP contribution in [0.2, 0.25) is 0 Å². The number of nitrogens with zero attached hydrogens (tertiary/aromatic N) is 5. The van der Waals surface area contributed by atoms with Gasteiger partial charge in [0.25, 0.3) is 0 Å². The number of anilines is 2. The van der Waals surface area contributed by atoms with Gasteiger partial charge in [-0.25, -0.2) is 4.98 Å². The molecule has 2 N–H and O–H groups in total. The summed E-state index contributed by atoms with van der Waals surface area (Å²) in [7, 11) is 0. The van der Waals surface area contributed by atoms with Crippen LogP contribution in [0.25, 0.3) is 16.9 Å². The van der Waals surface area contributed by atoms with Gasteiger partial charge in [-0.3, -0.25) is 9.47 Å². The van der Waals surface area contributed by atoms with Gasteiger partial charge in [0, 0.05) is 31.4 Å². The second-order valence-corrected chi connectivity index (χ2v) is 9.79. The quantitative estimate of drug-likeness (QED) is 0.240. The third-order valence-electron chi connectivity index (χ3n) is 7.01. The molecule has 1 saturated heterocycles. The van der Waals surface area contributed by atoms with Gasteiger partial charge in [-0.15, -0.1) is 0 Å². The zero-order valence-electron chi connectivity index (χ0n) is 21.9. The molecule has 0 unspecified atom stereocenters. The molecule has 0 atom stereocenters. The Hall–Kier alpha value is -4.43. The van der Waals surface area contributed by atoms with Crippen molar-refractivity contribution < 1.29 is 4.74 Å². The Balaban J connectivity index is 1.17. The summed E-state index contributed by atoms with van der Waals surface area (Å²) in [6.45, 7) is 4.18. The highest BCUT2D eigenvalue weighted by molar-refractivity contribution is 5.85. The van der Waals surface area contributed by atoms with Crippen molar-refractivity contribution in [3.8, 4) is 11.4 Å². The number of likely N-dealkylation sites (tertiary alicyclic amines) is 1. The van der Waals surface area contributed by atoms with Crippen LogP contribution in [0.3, 0.4) is 0 Å². The number of para-hydroxylation sites is 2. The van der Waals surface area contributed by atoms with E-state index < -0.39 is 0 Å². The number of fused-ring (bicyclic) bond motifs is 1. The van der Waals surface area contributed by atoms with Crippen LogP contribution in [-0.4, -0.2) is 56.7 Å². The Kier molecular flexibility index (Phi) is 7.63. The smallest absolute Gasteiger partial charge is 0.227 e. The van der Waals surface area contributed by atoms with Gasteiger partial charge in [0.1, 0.15) is 18.7 Å². The Bertz CT molecular complexity index is 1470. The first kappa shape index (κ1) is 24.9. The van der Waals surface area contributed by atoms with Crippen molar-refractivity contribution in [2.24, 2.45) is 0 Å². The van der Waals surface area contributed by atoms with Crippen molar-refractivity contribution in [2.75, 3.05) is 36.9 Å². The molecule has 6 rings (SSSR count). The van der Waals surface area contributed by atoms with Crippen LogP contribution in [0.5, 0.6) is 5.75 Å². The first-order valence-corrected chi connectivity index (χ1v) is 13.6. The molecule has 8 nitrogen and oxygen atoms in total. The van der Waals surface area contributed by atoms with Gasteiger partial charge < -0.3 is 15.4 Å². The third kappa shape index (κ3) is 6.18. The molecule has 2 aromatic heterocycles. The molecule has 5 aromatic rings. The van der Waals surface area contributed by atoms with Crippen LogP contribution in [-0.2, 0) is 6.54 Å². The highest BCUT2D eigenvalue weighted by Crippen LogP contribution is 2.25. The Morgan fingerprint density at radius 1 is 0.821 bits per heavy atom. The number of hydrogen-bond acceptors (Lipinski definition) is 7. The summed E-state index contributed by atoms with van der Waals surface area (Å²) < 4.78 is 7.88. The average Bonchev–Trinajstić information content (AvgIpc) is 3.42. The molecule has 0 bridgehead atoms.